The molecule has 1 amide bonds. The van der Waals surface area contributed by atoms with Crippen molar-refractivity contribution in [3.8, 4) is 0 Å². The van der Waals surface area contributed by atoms with Gasteiger partial charge in [-0.1, -0.05) is 6.58 Å². The molecule has 0 spiro atoms. The van der Waals surface area contributed by atoms with E-state index in [1.807, 2.05) is 0 Å². The van der Waals surface area contributed by atoms with Crippen LogP contribution in [-0.2, 0) is 14.3 Å². The quantitative estimate of drug-likeness (QED) is 0.591. The molecule has 4 heteroatoms. The smallest absolute Gasteiger partial charge is 0.333 e. The van der Waals surface area contributed by atoms with Gasteiger partial charge in [0.25, 0.3) is 0 Å². The van der Waals surface area contributed by atoms with Gasteiger partial charge in [-0.15, -0.1) is 0 Å². The first-order chi connectivity index (χ1) is 8.93. The highest BCUT2D eigenvalue weighted by Crippen LogP contribution is 2.60. The molecule has 3 atom stereocenters. The molecule has 19 heavy (non-hydrogen) atoms. The average Bonchev–Trinajstić information content (AvgIpc) is 2.84. The molecule has 2 rings (SSSR count). The predicted octanol–water partition coefficient (Wildman–Crippen LogP) is 2.18. The molecule has 0 aromatic carbocycles. The van der Waals surface area contributed by atoms with Gasteiger partial charge in [0.15, 0.2) is 0 Å². The van der Waals surface area contributed by atoms with Crippen molar-refractivity contribution in [1.29, 1.82) is 0 Å². The highest BCUT2D eigenvalue weighted by molar-refractivity contribution is 5.86. The lowest BCUT2D eigenvalue weighted by molar-refractivity contribution is -0.139. The zero-order chi connectivity index (χ0) is 14.0. The van der Waals surface area contributed by atoms with Crippen molar-refractivity contribution in [3.63, 3.8) is 0 Å². The van der Waals surface area contributed by atoms with Crippen molar-refractivity contribution in [3.05, 3.63) is 12.2 Å². The van der Waals surface area contributed by atoms with E-state index < -0.39 is 0 Å². The Morgan fingerprint density at radius 1 is 1.47 bits per heavy atom. The van der Waals surface area contributed by atoms with Gasteiger partial charge in [0.05, 0.1) is 6.61 Å². The normalized spacial score (nSPS) is 32.3. The lowest BCUT2D eigenvalue weighted by Gasteiger charge is -2.34. The van der Waals surface area contributed by atoms with Crippen LogP contribution in [0, 0.1) is 17.3 Å². The van der Waals surface area contributed by atoms with E-state index in [-0.39, 0.29) is 17.3 Å². The number of amides is 1. The monoisotopic (exact) mass is 265 g/mol. The van der Waals surface area contributed by atoms with Crippen LogP contribution in [0.15, 0.2) is 12.2 Å². The molecule has 2 saturated carbocycles. The van der Waals surface area contributed by atoms with Crippen molar-refractivity contribution < 1.29 is 14.3 Å². The number of carbonyl (C=O) groups excluding carboxylic acids is 2. The van der Waals surface area contributed by atoms with Crippen LogP contribution < -0.4 is 5.73 Å². The van der Waals surface area contributed by atoms with Gasteiger partial charge in [-0.25, -0.2) is 4.79 Å². The molecular formula is C15H23NO3. The van der Waals surface area contributed by atoms with E-state index in [9.17, 15) is 9.59 Å². The molecule has 2 N–H and O–H groups in total. The Morgan fingerprint density at radius 2 is 2.21 bits per heavy atom. The Labute approximate surface area is 114 Å². The maximum atomic E-state index is 11.3. The number of fused-ring (bicyclic) bond motifs is 2. The number of esters is 1. The third-order valence-corrected chi connectivity index (χ3v) is 4.80. The second kappa shape index (κ2) is 5.35. The zero-order valence-corrected chi connectivity index (χ0v) is 11.6. The number of rotatable bonds is 6. The van der Waals surface area contributed by atoms with Crippen LogP contribution in [0.25, 0.3) is 0 Å². The van der Waals surface area contributed by atoms with Crippen LogP contribution in [0.4, 0.5) is 0 Å². The van der Waals surface area contributed by atoms with Crippen LogP contribution >= 0.6 is 0 Å². The lowest BCUT2D eigenvalue weighted by Crippen LogP contribution is -2.32. The number of nitrogens with two attached hydrogens (primary N) is 1. The summed E-state index contributed by atoms with van der Waals surface area (Å²) in [6, 6.07) is 0. The molecule has 0 aliphatic heterocycles. The zero-order valence-electron chi connectivity index (χ0n) is 11.6. The Balaban J connectivity index is 1.88. The fourth-order valence-corrected chi connectivity index (χ4v) is 3.99. The molecule has 4 nitrogen and oxygen atoms in total. The minimum absolute atomic E-state index is 0.0894. The van der Waals surface area contributed by atoms with Crippen LogP contribution in [0.5, 0.6) is 0 Å². The topological polar surface area (TPSA) is 69.4 Å². The van der Waals surface area contributed by atoms with Gasteiger partial charge in [0, 0.05) is 12.0 Å². The number of hydrogen-bond donors (Lipinski definition) is 1. The molecule has 0 aromatic rings. The van der Waals surface area contributed by atoms with Crippen molar-refractivity contribution in [2.45, 2.75) is 45.4 Å². The van der Waals surface area contributed by atoms with Gasteiger partial charge < -0.3 is 10.5 Å². The third kappa shape index (κ3) is 2.99. The summed E-state index contributed by atoms with van der Waals surface area (Å²) in [6.07, 6.45) is 5.91. The molecule has 0 aromatic heterocycles. The summed E-state index contributed by atoms with van der Waals surface area (Å²) in [6.45, 7) is 5.63. The molecule has 0 heterocycles. The summed E-state index contributed by atoms with van der Waals surface area (Å²) in [4.78, 5) is 22.6. The summed E-state index contributed by atoms with van der Waals surface area (Å²) in [5, 5.41) is 0. The minimum Gasteiger partial charge on any atom is -0.462 e. The van der Waals surface area contributed by atoms with E-state index in [0.29, 0.717) is 24.5 Å². The van der Waals surface area contributed by atoms with E-state index in [2.05, 4.69) is 6.58 Å². The largest absolute Gasteiger partial charge is 0.462 e. The van der Waals surface area contributed by atoms with Crippen molar-refractivity contribution in [1.82, 2.24) is 0 Å². The predicted molar refractivity (Wildman–Crippen MR) is 72.1 cm³/mol. The van der Waals surface area contributed by atoms with Gasteiger partial charge >= 0.3 is 5.97 Å². The highest BCUT2D eigenvalue weighted by Gasteiger charge is 2.51. The summed E-state index contributed by atoms with van der Waals surface area (Å²) >= 11 is 0. The summed E-state index contributed by atoms with van der Waals surface area (Å²) in [7, 11) is 0. The molecule has 2 bridgehead atoms. The second-order valence-electron chi connectivity index (χ2n) is 6.25. The Morgan fingerprint density at radius 3 is 2.79 bits per heavy atom. The summed E-state index contributed by atoms with van der Waals surface area (Å²) in [5.41, 5.74) is 5.91. The first-order valence-corrected chi connectivity index (χ1v) is 7.04. The standard InChI is InChI=1S/C15H23NO3/c1-10(2)14(18)19-6-4-12-7-11-3-5-15(12,8-11)9-13(16)17/h11-12H,1,3-9H2,2H3,(H2,16,17). The molecule has 2 aliphatic carbocycles. The third-order valence-electron chi connectivity index (χ3n) is 4.80. The minimum atomic E-state index is -0.327. The molecular weight excluding hydrogens is 242 g/mol. The van der Waals surface area contributed by atoms with Crippen molar-refractivity contribution in [2.24, 2.45) is 23.0 Å². The second-order valence-corrected chi connectivity index (χ2v) is 6.25. The average molecular weight is 265 g/mol. The fourth-order valence-electron chi connectivity index (χ4n) is 3.99. The van der Waals surface area contributed by atoms with E-state index in [4.69, 9.17) is 10.5 Å². The SMILES string of the molecule is C=C(C)C(=O)OCCC1CC2CCC1(CC(N)=O)C2. The Hall–Kier alpha value is -1.32. The summed E-state index contributed by atoms with van der Waals surface area (Å²) in [5.74, 6) is 0.677. The molecule has 2 fully saturated rings. The van der Waals surface area contributed by atoms with Crippen molar-refractivity contribution in [2.75, 3.05) is 6.61 Å². The lowest BCUT2D eigenvalue weighted by atomic mass is 9.71. The first-order valence-electron chi connectivity index (χ1n) is 7.04. The molecule has 2 aliphatic rings. The van der Waals surface area contributed by atoms with Gasteiger partial charge in [0.2, 0.25) is 5.91 Å². The number of hydrogen-bond acceptors (Lipinski definition) is 3. The van der Waals surface area contributed by atoms with Gasteiger partial charge in [-0.05, 0) is 56.3 Å². The molecule has 0 radical (unpaired) electrons. The number of ether oxygens (including phenoxy) is 1. The van der Waals surface area contributed by atoms with Crippen LogP contribution in [0.1, 0.15) is 45.4 Å². The van der Waals surface area contributed by atoms with Gasteiger partial charge in [-0.3, -0.25) is 4.79 Å². The first kappa shape index (κ1) is 14.1. The number of primary amides is 1. The highest BCUT2D eigenvalue weighted by atomic mass is 16.5. The Bertz CT molecular complexity index is 404. The Kier molecular flexibility index (Phi) is 3.97. The van der Waals surface area contributed by atoms with Crippen LogP contribution in [-0.4, -0.2) is 18.5 Å². The van der Waals surface area contributed by atoms with Crippen LogP contribution in [0.3, 0.4) is 0 Å². The maximum Gasteiger partial charge on any atom is 0.333 e. The number of carbonyl (C=O) groups is 2. The molecule has 3 unspecified atom stereocenters. The van der Waals surface area contributed by atoms with E-state index in [1.165, 1.54) is 6.42 Å². The summed E-state index contributed by atoms with van der Waals surface area (Å²) < 4.78 is 5.17. The van der Waals surface area contributed by atoms with Gasteiger partial charge in [0.1, 0.15) is 0 Å². The van der Waals surface area contributed by atoms with E-state index in [1.54, 1.807) is 6.92 Å². The fraction of sp³-hybridized carbons (Fsp3) is 0.733. The van der Waals surface area contributed by atoms with E-state index >= 15 is 0 Å². The molecule has 106 valence electrons. The van der Waals surface area contributed by atoms with Crippen LogP contribution in [0.2, 0.25) is 0 Å². The van der Waals surface area contributed by atoms with Crippen molar-refractivity contribution >= 4 is 11.9 Å². The molecule has 0 saturated heterocycles. The maximum absolute atomic E-state index is 11.3. The van der Waals surface area contributed by atoms with E-state index in [0.717, 1.165) is 31.6 Å². The van der Waals surface area contributed by atoms with Gasteiger partial charge in [-0.2, -0.15) is 0 Å².